The van der Waals surface area contributed by atoms with Gasteiger partial charge < -0.3 is 0 Å². The van der Waals surface area contributed by atoms with Gasteiger partial charge in [-0.25, -0.2) is 0 Å². The van der Waals surface area contributed by atoms with Crippen molar-refractivity contribution < 1.29 is 9.59 Å². The molecule has 1 rings (SSSR count). The molecule has 0 atom stereocenters. The molecular formula is C8H9ClN2O2S. The Hall–Kier alpha value is -1.07. The molecule has 0 saturated heterocycles. The van der Waals surface area contributed by atoms with Gasteiger partial charge in [0.15, 0.2) is 0 Å². The van der Waals surface area contributed by atoms with Gasteiger partial charge in [0.25, 0.3) is 5.91 Å². The highest BCUT2D eigenvalue weighted by Gasteiger charge is 2.04. The highest BCUT2D eigenvalue weighted by Crippen LogP contribution is 2.08. The maximum absolute atomic E-state index is 11.2. The van der Waals surface area contributed by atoms with E-state index in [4.69, 9.17) is 11.6 Å². The van der Waals surface area contributed by atoms with E-state index < -0.39 is 5.91 Å². The van der Waals surface area contributed by atoms with Crippen LogP contribution >= 0.6 is 22.9 Å². The van der Waals surface area contributed by atoms with Crippen molar-refractivity contribution >= 4 is 34.8 Å². The third-order valence-electron chi connectivity index (χ3n) is 1.38. The third-order valence-corrected chi connectivity index (χ3v) is 2.50. The van der Waals surface area contributed by atoms with Crippen molar-refractivity contribution in [2.24, 2.45) is 0 Å². The standard InChI is InChI=1S/C8H9ClN2O2S/c9-5-8(13)11-10-7(12)4-6-2-1-3-14-6/h1-3H,4-5H2,(H,10,12)(H,11,13). The second-order valence-electron chi connectivity index (χ2n) is 2.49. The Labute approximate surface area is 90.2 Å². The Morgan fingerprint density at radius 2 is 2.07 bits per heavy atom. The minimum atomic E-state index is -0.425. The van der Waals surface area contributed by atoms with Crippen molar-refractivity contribution in [3.05, 3.63) is 22.4 Å². The second kappa shape index (κ2) is 5.62. The molecule has 0 aliphatic rings. The largest absolute Gasteiger partial charge is 0.273 e. The summed E-state index contributed by atoms with van der Waals surface area (Å²) in [4.78, 5) is 22.8. The maximum Gasteiger partial charge on any atom is 0.253 e. The molecule has 0 aromatic carbocycles. The summed E-state index contributed by atoms with van der Waals surface area (Å²) in [5.41, 5.74) is 4.43. The van der Waals surface area contributed by atoms with Crippen LogP contribution in [0.3, 0.4) is 0 Å². The molecule has 0 saturated carbocycles. The number of hydrazine groups is 1. The Balaban J connectivity index is 2.26. The molecule has 1 aromatic heterocycles. The fourth-order valence-corrected chi connectivity index (χ4v) is 1.56. The van der Waals surface area contributed by atoms with Gasteiger partial charge in [0, 0.05) is 4.88 Å². The first kappa shape index (κ1) is 11.0. The lowest BCUT2D eigenvalue weighted by Crippen LogP contribution is -2.42. The first-order valence-electron chi connectivity index (χ1n) is 3.88. The molecule has 76 valence electrons. The fourth-order valence-electron chi connectivity index (χ4n) is 0.788. The summed E-state index contributed by atoms with van der Waals surface area (Å²) in [6, 6.07) is 3.72. The van der Waals surface area contributed by atoms with Gasteiger partial charge >= 0.3 is 0 Å². The number of carbonyl (C=O) groups excluding carboxylic acids is 2. The highest BCUT2D eigenvalue weighted by atomic mass is 35.5. The number of rotatable bonds is 3. The Bertz CT molecular complexity index is 313. The number of amides is 2. The Morgan fingerprint density at radius 1 is 1.36 bits per heavy atom. The minimum absolute atomic E-state index is 0.167. The van der Waals surface area contributed by atoms with E-state index >= 15 is 0 Å². The number of halogens is 1. The van der Waals surface area contributed by atoms with Gasteiger partial charge in [-0.15, -0.1) is 22.9 Å². The molecule has 1 aromatic rings. The van der Waals surface area contributed by atoms with Crippen molar-refractivity contribution in [2.75, 3.05) is 5.88 Å². The smallest absolute Gasteiger partial charge is 0.253 e. The predicted octanol–water partition coefficient (Wildman–Crippen LogP) is 0.677. The molecule has 0 unspecified atom stereocenters. The number of thiophene rings is 1. The van der Waals surface area contributed by atoms with E-state index in [9.17, 15) is 9.59 Å². The minimum Gasteiger partial charge on any atom is -0.273 e. The molecule has 0 radical (unpaired) electrons. The van der Waals surface area contributed by atoms with Crippen LogP contribution in [0.4, 0.5) is 0 Å². The lowest BCUT2D eigenvalue weighted by atomic mass is 10.3. The molecule has 2 N–H and O–H groups in total. The molecule has 1 heterocycles. The van der Waals surface area contributed by atoms with Crippen molar-refractivity contribution in [1.82, 2.24) is 10.9 Å². The van der Waals surface area contributed by atoms with Crippen molar-refractivity contribution in [2.45, 2.75) is 6.42 Å². The van der Waals surface area contributed by atoms with Gasteiger partial charge in [-0.1, -0.05) is 6.07 Å². The van der Waals surface area contributed by atoms with Crippen LogP contribution in [0.1, 0.15) is 4.88 Å². The van der Waals surface area contributed by atoms with Crippen LogP contribution in [0.5, 0.6) is 0 Å². The average molecular weight is 233 g/mol. The Kier molecular flexibility index (Phi) is 4.42. The van der Waals surface area contributed by atoms with E-state index in [1.165, 1.54) is 11.3 Å². The van der Waals surface area contributed by atoms with E-state index in [1.807, 2.05) is 17.5 Å². The molecule has 0 aliphatic heterocycles. The molecule has 4 nitrogen and oxygen atoms in total. The Morgan fingerprint density at radius 3 is 2.64 bits per heavy atom. The van der Waals surface area contributed by atoms with Crippen LogP contribution < -0.4 is 10.9 Å². The first-order chi connectivity index (χ1) is 6.72. The van der Waals surface area contributed by atoms with E-state index in [1.54, 1.807) is 0 Å². The molecule has 0 aliphatic carbocycles. The van der Waals surface area contributed by atoms with Crippen LogP contribution in [-0.2, 0) is 16.0 Å². The molecule has 0 bridgehead atoms. The van der Waals surface area contributed by atoms with Gasteiger partial charge in [0.2, 0.25) is 5.91 Å². The normalized spacial score (nSPS) is 9.50. The van der Waals surface area contributed by atoms with Crippen LogP contribution in [-0.4, -0.2) is 17.7 Å². The van der Waals surface area contributed by atoms with E-state index in [0.717, 1.165) is 4.88 Å². The van der Waals surface area contributed by atoms with Crippen molar-refractivity contribution in [3.8, 4) is 0 Å². The summed E-state index contributed by atoms with van der Waals surface area (Å²) >= 11 is 6.71. The number of hydrogen-bond donors (Lipinski definition) is 2. The molecule has 6 heteroatoms. The van der Waals surface area contributed by atoms with Crippen LogP contribution in [0.15, 0.2) is 17.5 Å². The van der Waals surface area contributed by atoms with Crippen LogP contribution in [0.25, 0.3) is 0 Å². The summed E-state index contributed by atoms with van der Waals surface area (Å²) < 4.78 is 0. The number of hydrogen-bond acceptors (Lipinski definition) is 3. The van der Waals surface area contributed by atoms with Gasteiger partial charge in [0.05, 0.1) is 6.42 Å². The zero-order chi connectivity index (χ0) is 10.4. The lowest BCUT2D eigenvalue weighted by molar-refractivity contribution is -0.127. The van der Waals surface area contributed by atoms with Crippen LogP contribution in [0.2, 0.25) is 0 Å². The third kappa shape index (κ3) is 3.76. The maximum atomic E-state index is 11.2. The summed E-state index contributed by atoms with van der Waals surface area (Å²) in [6.07, 6.45) is 0.264. The molecule has 2 amide bonds. The monoisotopic (exact) mass is 232 g/mol. The molecule has 0 fully saturated rings. The quantitative estimate of drug-likeness (QED) is 0.595. The molecule has 0 spiro atoms. The number of carbonyl (C=O) groups is 2. The van der Waals surface area contributed by atoms with E-state index in [2.05, 4.69) is 10.9 Å². The van der Waals surface area contributed by atoms with Crippen molar-refractivity contribution in [3.63, 3.8) is 0 Å². The highest BCUT2D eigenvalue weighted by molar-refractivity contribution is 7.10. The summed E-state index contributed by atoms with van der Waals surface area (Å²) in [7, 11) is 0. The molecular weight excluding hydrogens is 224 g/mol. The SMILES string of the molecule is O=C(CCl)NNC(=O)Cc1cccs1. The summed E-state index contributed by atoms with van der Waals surface area (Å²) in [6.45, 7) is 0. The summed E-state index contributed by atoms with van der Waals surface area (Å²) in [5.74, 6) is -0.851. The summed E-state index contributed by atoms with van der Waals surface area (Å²) in [5, 5.41) is 1.89. The predicted molar refractivity (Wildman–Crippen MR) is 55.0 cm³/mol. The molecule has 14 heavy (non-hydrogen) atoms. The number of alkyl halides is 1. The van der Waals surface area contributed by atoms with E-state index in [-0.39, 0.29) is 18.2 Å². The van der Waals surface area contributed by atoms with Crippen LogP contribution in [0, 0.1) is 0 Å². The van der Waals surface area contributed by atoms with Gasteiger partial charge in [-0.3, -0.25) is 20.4 Å². The van der Waals surface area contributed by atoms with Gasteiger partial charge in [-0.2, -0.15) is 0 Å². The van der Waals surface area contributed by atoms with Crippen molar-refractivity contribution in [1.29, 1.82) is 0 Å². The zero-order valence-corrected chi connectivity index (χ0v) is 8.82. The van der Waals surface area contributed by atoms with E-state index in [0.29, 0.717) is 0 Å². The lowest BCUT2D eigenvalue weighted by Gasteiger charge is -2.03. The van der Waals surface area contributed by atoms with Gasteiger partial charge in [0.1, 0.15) is 5.88 Å². The number of nitrogens with one attached hydrogen (secondary N) is 2. The second-order valence-corrected chi connectivity index (χ2v) is 3.79. The zero-order valence-electron chi connectivity index (χ0n) is 7.25. The van der Waals surface area contributed by atoms with Gasteiger partial charge in [-0.05, 0) is 11.4 Å². The fraction of sp³-hybridized carbons (Fsp3) is 0.250. The first-order valence-corrected chi connectivity index (χ1v) is 5.30. The average Bonchev–Trinajstić information content (AvgIpc) is 2.66. The topological polar surface area (TPSA) is 58.2 Å².